The molecule has 48 heavy (non-hydrogen) atoms. The molecular weight excluding hydrogens is 581 g/mol. The van der Waals surface area contributed by atoms with Crippen molar-refractivity contribution in [3.63, 3.8) is 0 Å². The number of rotatable bonds is 40. The molecule has 0 saturated heterocycles. The summed E-state index contributed by atoms with van der Waals surface area (Å²) in [5.74, 6) is 0. The molecule has 0 aromatic rings. The van der Waals surface area contributed by atoms with Crippen LogP contribution >= 0.6 is 0 Å². The summed E-state index contributed by atoms with van der Waals surface area (Å²) in [5, 5.41) is 0. The molecule has 0 saturated carbocycles. The smallest absolute Gasteiger partial charge is 0.101 e. The third kappa shape index (κ3) is 29.1. The fourth-order valence-corrected chi connectivity index (χ4v) is 7.95. The van der Waals surface area contributed by atoms with E-state index in [1.54, 1.807) is 0 Å². The van der Waals surface area contributed by atoms with Gasteiger partial charge in [-0.15, -0.1) is 0 Å². The highest BCUT2D eigenvalue weighted by atomic mass is 15.4. The van der Waals surface area contributed by atoms with Crippen LogP contribution in [-0.2, 0) is 0 Å². The van der Waals surface area contributed by atoms with Crippen molar-refractivity contribution in [2.75, 3.05) is 13.1 Å². The van der Waals surface area contributed by atoms with Gasteiger partial charge in [0.15, 0.2) is 0 Å². The molecule has 0 spiro atoms. The molecule has 1 unspecified atom stereocenters. The molecule has 0 fully saturated rings. The van der Waals surface area contributed by atoms with Crippen molar-refractivity contribution in [1.82, 2.24) is 9.80 Å². The average Bonchev–Trinajstić information content (AvgIpc) is 3.48. The minimum atomic E-state index is 0.638. The Bertz CT molecular complexity index is 630. The zero-order valence-corrected chi connectivity index (χ0v) is 33.9. The predicted octanol–water partition coefficient (Wildman–Crippen LogP) is 16.3. The van der Waals surface area contributed by atoms with Gasteiger partial charge in [0.25, 0.3) is 0 Å². The molecular formula is C46H92N2. The summed E-state index contributed by atoms with van der Waals surface area (Å²) in [6.07, 6.45) is 60.4. The van der Waals surface area contributed by atoms with E-state index in [1.807, 2.05) is 0 Å². The number of unbranched alkanes of at least 4 members (excludes halogenated alkanes) is 34. The van der Waals surface area contributed by atoms with E-state index in [-0.39, 0.29) is 0 Å². The van der Waals surface area contributed by atoms with E-state index in [1.165, 1.54) is 257 Å². The van der Waals surface area contributed by atoms with Crippen LogP contribution in [0, 0.1) is 0 Å². The Labute approximate surface area is 305 Å². The van der Waals surface area contributed by atoms with Gasteiger partial charge in [0.2, 0.25) is 0 Å². The maximum atomic E-state index is 2.73. The lowest BCUT2D eigenvalue weighted by molar-refractivity contribution is 0.135. The van der Waals surface area contributed by atoms with E-state index in [4.69, 9.17) is 0 Å². The Morgan fingerprint density at radius 2 is 0.479 bits per heavy atom. The second-order valence-corrected chi connectivity index (χ2v) is 16.1. The summed E-state index contributed by atoms with van der Waals surface area (Å²) in [5.41, 5.74) is 0. The molecule has 1 aliphatic rings. The maximum Gasteiger partial charge on any atom is 0.101 e. The Kier molecular flexibility index (Phi) is 35.5. The molecule has 1 heterocycles. The second kappa shape index (κ2) is 37.6. The van der Waals surface area contributed by atoms with Gasteiger partial charge >= 0.3 is 0 Å². The summed E-state index contributed by atoms with van der Waals surface area (Å²) in [6.45, 7) is 9.49. The fourth-order valence-electron chi connectivity index (χ4n) is 7.95. The van der Waals surface area contributed by atoms with Gasteiger partial charge in [-0.1, -0.05) is 239 Å². The Balaban J connectivity index is 2.17. The molecule has 1 rings (SSSR count). The van der Waals surface area contributed by atoms with Crippen LogP contribution in [0.15, 0.2) is 12.4 Å². The molecule has 2 heteroatoms. The maximum absolute atomic E-state index is 2.73. The van der Waals surface area contributed by atoms with Gasteiger partial charge in [-0.25, -0.2) is 0 Å². The predicted molar refractivity (Wildman–Crippen MR) is 219 cm³/mol. The third-order valence-corrected chi connectivity index (χ3v) is 11.3. The van der Waals surface area contributed by atoms with Crippen molar-refractivity contribution in [2.45, 2.75) is 271 Å². The van der Waals surface area contributed by atoms with Gasteiger partial charge in [0.1, 0.15) is 6.17 Å². The van der Waals surface area contributed by atoms with E-state index < -0.39 is 0 Å². The summed E-state index contributed by atoms with van der Waals surface area (Å²) in [7, 11) is 0. The normalized spacial score (nSPS) is 14.6. The van der Waals surface area contributed by atoms with E-state index in [0.29, 0.717) is 6.17 Å². The topological polar surface area (TPSA) is 6.48 Å². The summed E-state index contributed by atoms with van der Waals surface area (Å²) >= 11 is 0. The van der Waals surface area contributed by atoms with Crippen LogP contribution in [0.4, 0.5) is 0 Å². The zero-order chi connectivity index (χ0) is 34.4. The Morgan fingerprint density at radius 1 is 0.271 bits per heavy atom. The number of hydrogen-bond donors (Lipinski definition) is 0. The molecule has 2 nitrogen and oxygen atoms in total. The molecule has 0 bridgehead atoms. The summed E-state index contributed by atoms with van der Waals surface area (Å²) in [4.78, 5) is 5.46. The van der Waals surface area contributed by atoms with E-state index in [0.717, 1.165) is 0 Å². The lowest BCUT2D eigenvalue weighted by Gasteiger charge is -2.33. The Morgan fingerprint density at radius 3 is 0.729 bits per heavy atom. The van der Waals surface area contributed by atoms with Crippen LogP contribution in [0.5, 0.6) is 0 Å². The first-order chi connectivity index (χ1) is 23.8. The lowest BCUT2D eigenvalue weighted by Crippen LogP contribution is -2.39. The van der Waals surface area contributed by atoms with Crippen LogP contribution in [0.1, 0.15) is 265 Å². The van der Waals surface area contributed by atoms with Gasteiger partial charge in [-0.05, 0) is 25.7 Å². The number of nitrogens with zero attached hydrogens (tertiary/aromatic N) is 2. The molecule has 0 radical (unpaired) electrons. The molecule has 0 amide bonds. The monoisotopic (exact) mass is 673 g/mol. The molecule has 1 atom stereocenters. The van der Waals surface area contributed by atoms with Crippen LogP contribution in [-0.4, -0.2) is 29.1 Å². The van der Waals surface area contributed by atoms with Gasteiger partial charge in [0.05, 0.1) is 0 Å². The summed E-state index contributed by atoms with van der Waals surface area (Å²) in [6, 6.07) is 0. The molecule has 1 aliphatic heterocycles. The largest absolute Gasteiger partial charge is 0.356 e. The second-order valence-electron chi connectivity index (χ2n) is 16.1. The molecule has 0 N–H and O–H groups in total. The molecule has 286 valence electrons. The van der Waals surface area contributed by atoms with Crippen molar-refractivity contribution >= 4 is 0 Å². The SMILES string of the molecule is CCCCCCCCCCCCCCCCCCC1N(CCCCCCCCCC)C=CN1CCCCCCCCCCCCCCC. The van der Waals surface area contributed by atoms with Gasteiger partial charge in [0, 0.05) is 25.5 Å². The number of hydrogen-bond acceptors (Lipinski definition) is 2. The lowest BCUT2D eigenvalue weighted by atomic mass is 10.0. The van der Waals surface area contributed by atoms with Crippen molar-refractivity contribution in [3.8, 4) is 0 Å². The van der Waals surface area contributed by atoms with Crippen LogP contribution in [0.2, 0.25) is 0 Å². The highest BCUT2D eigenvalue weighted by molar-refractivity contribution is 4.97. The van der Waals surface area contributed by atoms with Crippen molar-refractivity contribution in [2.24, 2.45) is 0 Å². The minimum Gasteiger partial charge on any atom is -0.356 e. The van der Waals surface area contributed by atoms with Crippen molar-refractivity contribution < 1.29 is 0 Å². The van der Waals surface area contributed by atoms with Crippen LogP contribution in [0.25, 0.3) is 0 Å². The zero-order valence-electron chi connectivity index (χ0n) is 33.9. The quantitative estimate of drug-likeness (QED) is 0.0598. The fraction of sp³-hybridized carbons (Fsp3) is 0.957. The van der Waals surface area contributed by atoms with Gasteiger partial charge < -0.3 is 9.80 Å². The van der Waals surface area contributed by atoms with E-state index >= 15 is 0 Å². The summed E-state index contributed by atoms with van der Waals surface area (Å²) < 4.78 is 0. The first-order valence-electron chi connectivity index (χ1n) is 23.0. The van der Waals surface area contributed by atoms with Crippen molar-refractivity contribution in [1.29, 1.82) is 0 Å². The van der Waals surface area contributed by atoms with Crippen LogP contribution < -0.4 is 0 Å². The first kappa shape index (κ1) is 45.4. The van der Waals surface area contributed by atoms with Crippen molar-refractivity contribution in [3.05, 3.63) is 12.4 Å². The molecule has 0 aliphatic carbocycles. The standard InChI is InChI=1S/C46H92N2/c1-4-7-10-13-16-19-21-23-24-25-26-28-30-32-35-38-41-46-47(42-39-36-33-18-15-12-9-6-3)44-45-48(46)43-40-37-34-31-29-27-22-20-17-14-11-8-5-2/h44-46H,4-43H2,1-3H3. The van der Waals surface area contributed by atoms with E-state index in [2.05, 4.69) is 43.0 Å². The molecule has 0 aromatic heterocycles. The third-order valence-electron chi connectivity index (χ3n) is 11.3. The highest BCUT2D eigenvalue weighted by Gasteiger charge is 2.24. The van der Waals surface area contributed by atoms with E-state index in [9.17, 15) is 0 Å². The van der Waals surface area contributed by atoms with Gasteiger partial charge in [-0.3, -0.25) is 0 Å². The minimum absolute atomic E-state index is 0.638. The first-order valence-corrected chi connectivity index (χ1v) is 23.0. The Hall–Kier alpha value is -0.660. The van der Waals surface area contributed by atoms with Gasteiger partial charge in [-0.2, -0.15) is 0 Å². The average molecular weight is 673 g/mol. The van der Waals surface area contributed by atoms with Crippen LogP contribution in [0.3, 0.4) is 0 Å². The molecule has 0 aromatic carbocycles. The highest BCUT2D eigenvalue weighted by Crippen LogP contribution is 2.24.